The largest absolute Gasteiger partial charge is 0.0817 e. The maximum Gasteiger partial charge on any atom is 0.00454 e. The maximum atomic E-state index is 2.26. The van der Waals surface area contributed by atoms with Crippen LogP contribution in [0.1, 0.15) is 52.4 Å². The van der Waals surface area contributed by atoms with Gasteiger partial charge in [0, 0.05) is 11.5 Å². The van der Waals surface area contributed by atoms with Gasteiger partial charge >= 0.3 is 0 Å². The first-order chi connectivity index (χ1) is 6.91. The first-order valence-electron chi connectivity index (χ1n) is 5.49. The molecule has 0 unspecified atom stereocenters. The molecule has 0 aliphatic heterocycles. The smallest absolute Gasteiger partial charge is 0.00454 e. The second kappa shape index (κ2) is 14.4. The summed E-state index contributed by atoms with van der Waals surface area (Å²) in [5.74, 6) is 2.64. The van der Waals surface area contributed by atoms with Gasteiger partial charge in [0.15, 0.2) is 0 Å². The van der Waals surface area contributed by atoms with Crippen molar-refractivity contribution in [3.8, 4) is 0 Å². The molecule has 0 bridgehead atoms. The van der Waals surface area contributed by atoms with E-state index in [1.54, 1.807) is 0 Å². The molecule has 0 N–H and O–H groups in total. The third-order valence-electron chi connectivity index (χ3n) is 1.79. The van der Waals surface area contributed by atoms with E-state index in [2.05, 4.69) is 13.8 Å². The Morgan fingerprint density at radius 2 is 1.07 bits per heavy atom. The second-order valence-corrected chi connectivity index (χ2v) is 9.43. The predicted molar refractivity (Wildman–Crippen MR) is 79.1 cm³/mol. The Labute approximate surface area is 105 Å². The molecule has 0 radical (unpaired) electrons. The number of hydrogen-bond donors (Lipinski definition) is 0. The highest BCUT2D eigenvalue weighted by Crippen LogP contribution is 2.43. The molecule has 0 spiro atoms. The molecule has 0 fully saturated rings. The van der Waals surface area contributed by atoms with Gasteiger partial charge in [-0.05, 0) is 32.5 Å². The average molecular weight is 271 g/mol. The third-order valence-corrected chi connectivity index (χ3v) is 8.42. The SMILES string of the molecule is CCCCCSSSSCCCCC. The van der Waals surface area contributed by atoms with Crippen LogP contribution in [-0.4, -0.2) is 11.5 Å². The molecule has 0 heterocycles. The van der Waals surface area contributed by atoms with Crippen molar-refractivity contribution in [2.45, 2.75) is 52.4 Å². The van der Waals surface area contributed by atoms with E-state index in [1.165, 1.54) is 50.0 Å². The summed E-state index contributed by atoms with van der Waals surface area (Å²) in [5, 5.41) is 0. The average Bonchev–Trinajstić information content (AvgIpc) is 2.21. The summed E-state index contributed by atoms with van der Waals surface area (Å²) in [4.78, 5) is 0. The van der Waals surface area contributed by atoms with Gasteiger partial charge in [0.2, 0.25) is 0 Å². The fourth-order valence-corrected chi connectivity index (χ4v) is 7.19. The van der Waals surface area contributed by atoms with E-state index in [0.29, 0.717) is 0 Å². The van der Waals surface area contributed by atoms with Crippen molar-refractivity contribution in [2.24, 2.45) is 0 Å². The van der Waals surface area contributed by atoms with Gasteiger partial charge in [-0.1, -0.05) is 61.1 Å². The Morgan fingerprint density at radius 1 is 0.643 bits per heavy atom. The molecule has 0 rings (SSSR count). The molecule has 86 valence electrons. The van der Waals surface area contributed by atoms with Crippen molar-refractivity contribution in [3.05, 3.63) is 0 Å². The Bertz CT molecular complexity index is 86.1. The monoisotopic (exact) mass is 270 g/mol. The molecule has 4 heteroatoms. The van der Waals surface area contributed by atoms with E-state index in [4.69, 9.17) is 0 Å². The van der Waals surface area contributed by atoms with Gasteiger partial charge in [-0.15, -0.1) is 0 Å². The summed E-state index contributed by atoms with van der Waals surface area (Å²) in [6.45, 7) is 4.52. The zero-order valence-electron chi connectivity index (χ0n) is 9.29. The van der Waals surface area contributed by atoms with Gasteiger partial charge in [-0.2, -0.15) is 0 Å². The molecule has 0 atom stereocenters. The zero-order chi connectivity index (χ0) is 10.5. The lowest BCUT2D eigenvalue weighted by atomic mass is 10.3. The topological polar surface area (TPSA) is 0 Å². The minimum absolute atomic E-state index is 1.32. The standard InChI is InChI=1S/C10H22S4/c1-3-5-7-9-11-13-14-12-10-8-6-4-2/h3-10H2,1-2H3. The molecule has 14 heavy (non-hydrogen) atoms. The summed E-state index contributed by atoms with van der Waals surface area (Å²) in [7, 11) is 7.95. The first-order valence-corrected chi connectivity index (χ1v) is 10.6. The molecule has 0 aromatic carbocycles. The van der Waals surface area contributed by atoms with Crippen LogP contribution in [0.5, 0.6) is 0 Å². The molecule has 0 aliphatic carbocycles. The number of unbranched alkanes of at least 4 members (excludes halogenated alkanes) is 4. The van der Waals surface area contributed by atoms with Gasteiger partial charge in [0.1, 0.15) is 0 Å². The normalized spacial score (nSPS) is 10.7. The number of hydrogen-bond acceptors (Lipinski definition) is 4. The van der Waals surface area contributed by atoms with E-state index >= 15 is 0 Å². The highest BCUT2D eigenvalue weighted by Gasteiger charge is 1.93. The van der Waals surface area contributed by atoms with Crippen LogP contribution in [0.2, 0.25) is 0 Å². The molecule has 0 saturated carbocycles. The molecule has 0 saturated heterocycles. The van der Waals surface area contributed by atoms with Crippen molar-refractivity contribution in [2.75, 3.05) is 11.5 Å². The van der Waals surface area contributed by atoms with Gasteiger partial charge in [0.05, 0.1) is 0 Å². The molecule has 0 aromatic heterocycles. The Balaban J connectivity index is 2.78. The predicted octanol–water partition coefficient (Wildman–Crippen LogP) is 6.04. The van der Waals surface area contributed by atoms with E-state index < -0.39 is 0 Å². The van der Waals surface area contributed by atoms with Gasteiger partial charge in [-0.25, -0.2) is 0 Å². The minimum atomic E-state index is 1.32. The molecular weight excluding hydrogens is 248 g/mol. The lowest BCUT2D eigenvalue weighted by Crippen LogP contribution is -1.75. The van der Waals surface area contributed by atoms with Crippen LogP contribution >= 0.6 is 41.2 Å². The molecule has 0 aromatic rings. The van der Waals surface area contributed by atoms with E-state index in [1.807, 2.05) is 41.2 Å². The fraction of sp³-hybridized carbons (Fsp3) is 1.00. The van der Waals surface area contributed by atoms with Crippen molar-refractivity contribution in [3.63, 3.8) is 0 Å². The van der Waals surface area contributed by atoms with Crippen LogP contribution in [0.25, 0.3) is 0 Å². The van der Waals surface area contributed by atoms with Crippen LogP contribution in [0.15, 0.2) is 0 Å². The van der Waals surface area contributed by atoms with E-state index in [9.17, 15) is 0 Å². The van der Waals surface area contributed by atoms with Crippen LogP contribution in [0.4, 0.5) is 0 Å². The first kappa shape index (κ1) is 15.4. The zero-order valence-corrected chi connectivity index (χ0v) is 12.6. The summed E-state index contributed by atoms with van der Waals surface area (Å²) < 4.78 is 0. The molecular formula is C10H22S4. The summed E-state index contributed by atoms with van der Waals surface area (Å²) in [6, 6.07) is 0. The van der Waals surface area contributed by atoms with Crippen molar-refractivity contribution in [1.29, 1.82) is 0 Å². The van der Waals surface area contributed by atoms with E-state index in [0.717, 1.165) is 0 Å². The van der Waals surface area contributed by atoms with E-state index in [-0.39, 0.29) is 0 Å². The summed E-state index contributed by atoms with van der Waals surface area (Å²) >= 11 is 0. The second-order valence-electron chi connectivity index (χ2n) is 3.19. The van der Waals surface area contributed by atoms with Crippen LogP contribution < -0.4 is 0 Å². The maximum absolute atomic E-state index is 2.26. The lowest BCUT2D eigenvalue weighted by Gasteiger charge is -1.99. The van der Waals surface area contributed by atoms with Crippen LogP contribution in [0.3, 0.4) is 0 Å². The van der Waals surface area contributed by atoms with Crippen LogP contribution in [-0.2, 0) is 0 Å². The quantitative estimate of drug-likeness (QED) is 0.331. The van der Waals surface area contributed by atoms with Crippen molar-refractivity contribution in [1.82, 2.24) is 0 Å². The molecule has 0 aliphatic rings. The van der Waals surface area contributed by atoms with Crippen LogP contribution in [0, 0.1) is 0 Å². The third kappa shape index (κ3) is 13.4. The van der Waals surface area contributed by atoms with Crippen molar-refractivity contribution < 1.29 is 0 Å². The lowest BCUT2D eigenvalue weighted by molar-refractivity contribution is 0.779. The molecule has 0 nitrogen and oxygen atoms in total. The minimum Gasteiger partial charge on any atom is -0.0817 e. The fourth-order valence-electron chi connectivity index (χ4n) is 0.929. The summed E-state index contributed by atoms with van der Waals surface area (Å²) in [6.07, 6.45) is 8.22. The van der Waals surface area contributed by atoms with Gasteiger partial charge in [0.25, 0.3) is 0 Å². The molecule has 0 amide bonds. The van der Waals surface area contributed by atoms with Crippen molar-refractivity contribution >= 4 is 41.2 Å². The van der Waals surface area contributed by atoms with Gasteiger partial charge in [-0.3, -0.25) is 0 Å². The van der Waals surface area contributed by atoms with Gasteiger partial charge < -0.3 is 0 Å². The number of rotatable bonds is 11. The summed E-state index contributed by atoms with van der Waals surface area (Å²) in [5.41, 5.74) is 0. The Morgan fingerprint density at radius 3 is 1.43 bits per heavy atom. The highest BCUT2D eigenvalue weighted by molar-refractivity contribution is 9.26. The Kier molecular flexibility index (Phi) is 15.8. The Hall–Kier alpha value is 1.40. The highest BCUT2D eigenvalue weighted by atomic mass is 33.7.